The van der Waals surface area contributed by atoms with Crippen LogP contribution in [0.1, 0.15) is 90.2 Å². The Bertz CT molecular complexity index is 3070. The molecule has 4 nitrogen and oxygen atoms in total. The predicted molar refractivity (Wildman–Crippen MR) is 293 cm³/mol. The largest absolute Gasteiger partial charge is 0.172 e. The standard InChI is InChI=1S/C54H54N4S6Si/c1-7-11-17-33(9-3)29-65(30-34(10-4)18-12-8-2)45-27-43(47-31(5)23-37(49-51(47)57-63-55-49)41-25-35-19-13-15-21-39(35)59-41)61-53(45)54-46(65)28-44(62-54)48-32(6)24-38(50-52(48)58-64-56-50)42-26-36-20-14-16-22-40(36)60-42/h13-16,19-28,33-34H,7-12,17-18,29-30H2,1-6H3. The maximum absolute atomic E-state index is 5.11. The molecule has 0 saturated carbocycles. The van der Waals surface area contributed by atoms with Gasteiger partial charge in [-0.1, -0.05) is 115 Å². The minimum atomic E-state index is -2.31. The molecule has 11 heteroatoms. The van der Waals surface area contributed by atoms with Crippen molar-refractivity contribution < 1.29 is 0 Å². The van der Waals surface area contributed by atoms with Crippen molar-refractivity contribution >= 4 is 129 Å². The van der Waals surface area contributed by atoms with Crippen LogP contribution in [0, 0.1) is 25.7 Å². The molecule has 2 unspecified atom stereocenters. The molecular formula is C54H54N4S6Si. The number of aromatic nitrogens is 4. The first kappa shape index (κ1) is 43.6. The van der Waals surface area contributed by atoms with E-state index in [0.717, 1.165) is 22.1 Å². The molecule has 11 rings (SSSR count). The van der Waals surface area contributed by atoms with Crippen LogP contribution >= 0.6 is 68.8 Å². The third-order valence-corrected chi connectivity index (χ3v) is 26.0. The van der Waals surface area contributed by atoms with E-state index >= 15 is 0 Å². The average molecular weight is 980 g/mol. The van der Waals surface area contributed by atoms with E-state index < -0.39 is 8.07 Å². The van der Waals surface area contributed by atoms with Gasteiger partial charge in [-0.2, -0.15) is 17.5 Å². The first-order chi connectivity index (χ1) is 31.8. The summed E-state index contributed by atoms with van der Waals surface area (Å²) < 4.78 is 22.9. The molecule has 65 heavy (non-hydrogen) atoms. The van der Waals surface area contributed by atoms with Gasteiger partial charge in [-0.15, -0.1) is 45.3 Å². The van der Waals surface area contributed by atoms with Crippen LogP contribution in [0.2, 0.25) is 12.1 Å². The van der Waals surface area contributed by atoms with Crippen LogP contribution < -0.4 is 10.4 Å². The molecule has 1 aliphatic heterocycles. The van der Waals surface area contributed by atoms with Crippen molar-refractivity contribution in [3.63, 3.8) is 0 Å². The number of aryl methyl sites for hydroxylation is 2. The smallest absolute Gasteiger partial charge is 0.122 e. The van der Waals surface area contributed by atoms with E-state index in [1.165, 1.54) is 170 Å². The van der Waals surface area contributed by atoms with E-state index in [1.54, 1.807) is 10.4 Å². The third kappa shape index (κ3) is 7.52. The molecule has 0 fully saturated rings. The second-order valence-electron chi connectivity index (χ2n) is 18.5. The second kappa shape index (κ2) is 17.9. The van der Waals surface area contributed by atoms with Gasteiger partial charge in [0, 0.05) is 60.9 Å². The van der Waals surface area contributed by atoms with Crippen molar-refractivity contribution in [3.05, 3.63) is 96.1 Å². The molecule has 1 aliphatic rings. The summed E-state index contributed by atoms with van der Waals surface area (Å²) in [6.07, 6.45) is 10.2. The third-order valence-electron chi connectivity index (χ3n) is 14.4. The van der Waals surface area contributed by atoms with E-state index in [2.05, 4.69) is 126 Å². The number of benzene rings is 4. The summed E-state index contributed by atoms with van der Waals surface area (Å²) >= 11 is 10.5. The fraction of sp³-hybridized carbons (Fsp3) is 0.333. The van der Waals surface area contributed by atoms with Crippen LogP contribution in [-0.2, 0) is 0 Å². The number of nitrogens with zero attached hydrogens (tertiary/aromatic N) is 4. The topological polar surface area (TPSA) is 51.6 Å². The lowest BCUT2D eigenvalue weighted by Gasteiger charge is -2.35. The summed E-state index contributed by atoms with van der Waals surface area (Å²) in [5.74, 6) is 1.42. The van der Waals surface area contributed by atoms with Gasteiger partial charge in [0.15, 0.2) is 0 Å². The lowest BCUT2D eigenvalue weighted by atomic mass is 10.00. The van der Waals surface area contributed by atoms with E-state index in [4.69, 9.17) is 17.5 Å². The zero-order chi connectivity index (χ0) is 44.4. The van der Waals surface area contributed by atoms with Gasteiger partial charge in [-0.25, -0.2) is 0 Å². The Kier molecular flexibility index (Phi) is 12.0. The predicted octanol–water partition coefficient (Wildman–Crippen LogP) is 17.5. The summed E-state index contributed by atoms with van der Waals surface area (Å²) in [7, 11) is -2.31. The first-order valence-electron chi connectivity index (χ1n) is 23.6. The van der Waals surface area contributed by atoms with Gasteiger partial charge in [0.25, 0.3) is 0 Å². The minimum Gasteiger partial charge on any atom is -0.172 e. The first-order valence-corrected chi connectivity index (χ1v) is 30.8. The Morgan fingerprint density at radius 3 is 1.34 bits per heavy atom. The zero-order valence-electron chi connectivity index (χ0n) is 38.0. The number of rotatable bonds is 16. The molecular weight excluding hydrogens is 925 g/mol. The molecule has 2 atom stereocenters. The summed E-state index contributed by atoms with van der Waals surface area (Å²) in [5, 5.41) is 5.99. The summed E-state index contributed by atoms with van der Waals surface area (Å²) in [6, 6.07) is 35.0. The SMILES string of the molecule is CCCCC(CC)C[Si]1(CC(CC)CCCC)c2cc(-c3c(C)cc(-c4cc5ccccc5s4)c4nsnc34)sc2-c2sc(-c3c(C)cc(-c4cc5ccccc5s4)c4nsnc34)cc21. The van der Waals surface area contributed by atoms with Gasteiger partial charge in [-0.3, -0.25) is 0 Å². The molecule has 0 amide bonds. The zero-order valence-corrected chi connectivity index (χ0v) is 43.9. The number of unbranched alkanes of at least 4 members (excludes halogenated alkanes) is 2. The Balaban J connectivity index is 1.10. The number of hydrogen-bond acceptors (Lipinski definition) is 10. The number of thiophene rings is 4. The monoisotopic (exact) mass is 978 g/mol. The molecule has 6 aromatic heterocycles. The molecule has 10 aromatic rings. The van der Waals surface area contributed by atoms with Crippen LogP contribution in [0.4, 0.5) is 0 Å². The van der Waals surface area contributed by atoms with Crippen molar-refractivity contribution in [3.8, 4) is 51.5 Å². The van der Waals surface area contributed by atoms with E-state index in [9.17, 15) is 0 Å². The Morgan fingerprint density at radius 1 is 0.492 bits per heavy atom. The highest BCUT2D eigenvalue weighted by Crippen LogP contribution is 2.52. The fourth-order valence-electron chi connectivity index (χ4n) is 11.0. The van der Waals surface area contributed by atoms with Gasteiger partial charge in [-0.05, 0) is 119 Å². The van der Waals surface area contributed by atoms with Gasteiger partial charge >= 0.3 is 0 Å². The maximum atomic E-state index is 5.11. The molecule has 0 N–H and O–H groups in total. The van der Waals surface area contributed by atoms with Gasteiger partial charge < -0.3 is 0 Å². The van der Waals surface area contributed by atoms with Crippen molar-refractivity contribution in [1.82, 2.24) is 17.5 Å². The van der Waals surface area contributed by atoms with E-state index in [0.29, 0.717) is 11.8 Å². The normalized spacial score (nSPS) is 14.3. The van der Waals surface area contributed by atoms with Crippen molar-refractivity contribution in [1.29, 1.82) is 0 Å². The van der Waals surface area contributed by atoms with Crippen molar-refractivity contribution in [2.45, 2.75) is 105 Å². The molecule has 0 spiro atoms. The maximum Gasteiger partial charge on any atom is 0.122 e. The van der Waals surface area contributed by atoms with Crippen LogP contribution in [0.25, 0.3) is 93.8 Å². The fourth-order valence-corrected chi connectivity index (χ4v) is 24.9. The van der Waals surface area contributed by atoms with Crippen LogP contribution in [0.5, 0.6) is 0 Å². The highest BCUT2D eigenvalue weighted by atomic mass is 32.1. The molecule has 0 bridgehead atoms. The minimum absolute atomic E-state index is 0.712. The quantitative estimate of drug-likeness (QED) is 0.0905. The lowest BCUT2D eigenvalue weighted by molar-refractivity contribution is 0.469. The lowest BCUT2D eigenvalue weighted by Crippen LogP contribution is -2.56. The van der Waals surface area contributed by atoms with Gasteiger partial charge in [0.2, 0.25) is 0 Å². The second-order valence-corrected chi connectivity index (χ2v) is 27.9. The molecule has 4 aromatic carbocycles. The Morgan fingerprint density at radius 2 is 0.923 bits per heavy atom. The van der Waals surface area contributed by atoms with Crippen LogP contribution in [0.3, 0.4) is 0 Å². The molecule has 330 valence electrons. The molecule has 7 heterocycles. The Hall–Kier alpha value is -3.94. The number of hydrogen-bond donors (Lipinski definition) is 0. The summed E-state index contributed by atoms with van der Waals surface area (Å²) in [6.45, 7) is 14.3. The number of fused-ring (bicyclic) bond motifs is 7. The summed E-state index contributed by atoms with van der Waals surface area (Å²) in [4.78, 5) is 8.32. The highest BCUT2D eigenvalue weighted by Gasteiger charge is 2.50. The van der Waals surface area contributed by atoms with Crippen molar-refractivity contribution in [2.24, 2.45) is 11.8 Å². The van der Waals surface area contributed by atoms with Gasteiger partial charge in [0.05, 0.1) is 23.5 Å². The summed E-state index contributed by atoms with van der Waals surface area (Å²) in [5.41, 5.74) is 11.7. The van der Waals surface area contributed by atoms with E-state index in [1.807, 2.05) is 45.3 Å². The highest BCUT2D eigenvalue weighted by molar-refractivity contribution is 7.32. The van der Waals surface area contributed by atoms with Crippen LogP contribution in [-0.4, -0.2) is 25.6 Å². The van der Waals surface area contributed by atoms with Crippen molar-refractivity contribution in [2.75, 3.05) is 0 Å². The molecule has 0 aliphatic carbocycles. The molecule has 0 saturated heterocycles. The van der Waals surface area contributed by atoms with Crippen LogP contribution in [0.15, 0.2) is 84.9 Å². The average Bonchev–Trinajstić information content (AvgIpc) is 4.19. The van der Waals surface area contributed by atoms with E-state index in [-0.39, 0.29) is 0 Å². The van der Waals surface area contributed by atoms with Gasteiger partial charge in [0.1, 0.15) is 30.1 Å². The molecule has 0 radical (unpaired) electrons. The Labute approximate surface area is 408 Å².